The zero-order chi connectivity index (χ0) is 30.1. The number of carbonyl (C=O) groups is 1. The number of aliphatic hydroxyl groups excluding tert-OH is 1. The van der Waals surface area contributed by atoms with Crippen molar-refractivity contribution < 1.29 is 33.7 Å². The van der Waals surface area contributed by atoms with Crippen LogP contribution in [0.1, 0.15) is 86.0 Å². The van der Waals surface area contributed by atoms with Crippen LogP contribution in [0.5, 0.6) is 0 Å². The van der Waals surface area contributed by atoms with Crippen LogP contribution in [0.4, 0.5) is 0 Å². The lowest BCUT2D eigenvalue weighted by Gasteiger charge is -2.49. The van der Waals surface area contributed by atoms with Gasteiger partial charge >= 0.3 is 12.1 Å². The van der Waals surface area contributed by atoms with Gasteiger partial charge in [-0.25, -0.2) is 4.79 Å². The molecule has 2 fully saturated rings. The molecule has 1 N–H and O–H groups in total. The van der Waals surface area contributed by atoms with E-state index < -0.39 is 17.9 Å². The SMILES string of the molecule is C=C(C)/C=C/[C@@H]1O[C@]2(CC[C@@H]1CCCC)CC[C@H](C)[C@@H](C/C=C(C)/C=C/[C@H](O)[C@@H](C)/C=C/C(=O)OC)O2.O=C=O. The van der Waals surface area contributed by atoms with E-state index in [4.69, 9.17) is 19.1 Å². The van der Waals surface area contributed by atoms with Gasteiger partial charge in [0.15, 0.2) is 5.79 Å². The lowest BCUT2D eigenvalue weighted by molar-refractivity contribution is -0.324. The minimum absolute atomic E-state index is 0.0722. The van der Waals surface area contributed by atoms with Crippen LogP contribution in [-0.2, 0) is 28.6 Å². The van der Waals surface area contributed by atoms with Gasteiger partial charge in [-0.3, -0.25) is 0 Å². The third-order valence-corrected chi connectivity index (χ3v) is 7.70. The number of carbonyl (C=O) groups excluding carboxylic acids is 3. The minimum Gasteiger partial charge on any atom is -0.466 e. The second-order valence-corrected chi connectivity index (χ2v) is 11.2. The van der Waals surface area contributed by atoms with Gasteiger partial charge in [0.1, 0.15) is 0 Å². The van der Waals surface area contributed by atoms with E-state index in [1.54, 1.807) is 12.2 Å². The highest BCUT2D eigenvalue weighted by molar-refractivity contribution is 5.81. The molecule has 224 valence electrons. The van der Waals surface area contributed by atoms with E-state index in [-0.39, 0.29) is 24.3 Å². The predicted octanol–water partition coefficient (Wildman–Crippen LogP) is 6.65. The lowest BCUT2D eigenvalue weighted by atomic mass is 9.81. The molecule has 0 aromatic rings. The Balaban J connectivity index is 0.00000254. The Kier molecular flexibility index (Phi) is 16.6. The number of hydrogen-bond acceptors (Lipinski definition) is 7. The molecule has 0 radical (unpaired) electrons. The van der Waals surface area contributed by atoms with Crippen LogP contribution in [0.25, 0.3) is 0 Å². The topological polar surface area (TPSA) is 99.1 Å². The van der Waals surface area contributed by atoms with Crippen molar-refractivity contribution >= 4 is 12.1 Å². The first kappa shape index (κ1) is 35.5. The fourth-order valence-corrected chi connectivity index (χ4v) is 5.05. The maximum absolute atomic E-state index is 11.3. The Bertz CT molecular complexity index is 940. The van der Waals surface area contributed by atoms with Crippen molar-refractivity contribution in [3.05, 3.63) is 60.3 Å². The Morgan fingerprint density at radius 2 is 1.82 bits per heavy atom. The molecule has 0 amide bonds. The maximum Gasteiger partial charge on any atom is 0.373 e. The van der Waals surface area contributed by atoms with Crippen molar-refractivity contribution in [2.75, 3.05) is 7.11 Å². The summed E-state index contributed by atoms with van der Waals surface area (Å²) in [5, 5.41) is 10.4. The second kappa shape index (κ2) is 18.7. The highest BCUT2D eigenvalue weighted by Gasteiger charge is 2.46. The highest BCUT2D eigenvalue weighted by Crippen LogP contribution is 2.44. The Hall–Kier alpha value is -2.57. The number of ether oxygens (including phenoxy) is 3. The summed E-state index contributed by atoms with van der Waals surface area (Å²) in [5.74, 6) is -0.125. The van der Waals surface area contributed by atoms with Gasteiger partial charge in [0.25, 0.3) is 0 Å². The fraction of sp³-hybridized carbons (Fsp3) is 0.636. The van der Waals surface area contributed by atoms with Crippen molar-refractivity contribution in [2.45, 2.75) is 110 Å². The smallest absolute Gasteiger partial charge is 0.373 e. The molecule has 2 saturated heterocycles. The lowest BCUT2D eigenvalue weighted by Crippen LogP contribution is -2.52. The Labute approximate surface area is 241 Å². The molecule has 0 saturated carbocycles. The van der Waals surface area contributed by atoms with Gasteiger partial charge in [-0.05, 0) is 51.4 Å². The van der Waals surface area contributed by atoms with E-state index in [9.17, 15) is 9.90 Å². The van der Waals surface area contributed by atoms with Crippen molar-refractivity contribution in [1.82, 2.24) is 0 Å². The highest BCUT2D eigenvalue weighted by atomic mass is 16.7. The van der Waals surface area contributed by atoms with Crippen LogP contribution >= 0.6 is 0 Å². The van der Waals surface area contributed by atoms with Gasteiger partial charge in [-0.2, -0.15) is 9.59 Å². The third-order valence-electron chi connectivity index (χ3n) is 7.70. The molecule has 7 heteroatoms. The van der Waals surface area contributed by atoms with Gasteiger partial charge in [0, 0.05) is 24.8 Å². The third kappa shape index (κ3) is 12.7. The summed E-state index contributed by atoms with van der Waals surface area (Å²) < 4.78 is 18.1. The van der Waals surface area contributed by atoms with Crippen LogP contribution in [0, 0.1) is 17.8 Å². The molecule has 0 bridgehead atoms. The normalized spacial score (nSPS) is 28.7. The van der Waals surface area contributed by atoms with E-state index in [2.05, 4.69) is 43.4 Å². The standard InChI is InChI=1S/C32H50O5.CO2/c1-8-9-10-27-20-22-32(37-30(27)16-11-23(2)3)21-19-26(6)29(36-32)17-13-24(4)12-15-28(33)25(5)14-18-31(34)35-7;2-1-3/h11-16,18,25-30,33H,2,8-10,17,19-22H2,1,3-7H3;/b15-12+,16-11+,18-14+,24-13+;/t25-,26-,27-,28-,29+,30-,32-;/m0./s1. The molecular formula is C33H50O7. The maximum atomic E-state index is 11.3. The van der Waals surface area contributed by atoms with Gasteiger partial charge in [-0.15, -0.1) is 0 Å². The van der Waals surface area contributed by atoms with E-state index in [0.29, 0.717) is 11.8 Å². The monoisotopic (exact) mass is 558 g/mol. The number of allylic oxidation sites excluding steroid dienone is 4. The predicted molar refractivity (Wildman–Crippen MR) is 156 cm³/mol. The summed E-state index contributed by atoms with van der Waals surface area (Å²) in [5.41, 5.74) is 2.12. The van der Waals surface area contributed by atoms with E-state index in [1.165, 1.54) is 32.4 Å². The average Bonchev–Trinajstić information content (AvgIpc) is 2.93. The van der Waals surface area contributed by atoms with Crippen molar-refractivity contribution in [3.8, 4) is 0 Å². The summed E-state index contributed by atoms with van der Waals surface area (Å²) >= 11 is 0. The number of hydrogen-bond donors (Lipinski definition) is 1. The summed E-state index contributed by atoms with van der Waals surface area (Å²) in [6.45, 7) is 14.5. The average molecular weight is 559 g/mol. The number of unbranched alkanes of at least 4 members (excludes halogenated alkanes) is 1. The minimum atomic E-state index is -0.683. The Morgan fingerprint density at radius 3 is 2.45 bits per heavy atom. The number of methoxy groups -OCH3 is 1. The molecular weight excluding hydrogens is 508 g/mol. The van der Waals surface area contributed by atoms with Crippen molar-refractivity contribution in [3.63, 3.8) is 0 Å². The fourth-order valence-electron chi connectivity index (χ4n) is 5.05. The molecule has 0 aromatic heterocycles. The molecule has 2 heterocycles. The van der Waals surface area contributed by atoms with E-state index >= 15 is 0 Å². The summed E-state index contributed by atoms with van der Waals surface area (Å²) in [6, 6.07) is 0. The molecule has 1 spiro atoms. The zero-order valence-corrected chi connectivity index (χ0v) is 25.3. The van der Waals surface area contributed by atoms with Gasteiger partial charge in [0.2, 0.25) is 0 Å². The largest absolute Gasteiger partial charge is 0.466 e. The molecule has 7 nitrogen and oxygen atoms in total. The molecule has 2 aliphatic heterocycles. The van der Waals surface area contributed by atoms with Gasteiger partial charge in [-0.1, -0.05) is 87.8 Å². The molecule has 2 rings (SSSR count). The quantitative estimate of drug-likeness (QED) is 0.163. The van der Waals surface area contributed by atoms with Gasteiger partial charge in [0.05, 0.1) is 25.4 Å². The molecule has 0 aliphatic carbocycles. The molecule has 0 unspecified atom stereocenters. The zero-order valence-electron chi connectivity index (χ0n) is 25.3. The first-order valence-corrected chi connectivity index (χ1v) is 14.5. The number of rotatable bonds is 12. The summed E-state index contributed by atoms with van der Waals surface area (Å²) in [6.07, 6.45) is 21.5. The Morgan fingerprint density at radius 1 is 1.15 bits per heavy atom. The molecule has 2 aliphatic rings. The number of aliphatic hydroxyl groups is 1. The van der Waals surface area contributed by atoms with E-state index in [1.807, 2.05) is 26.8 Å². The second-order valence-electron chi connectivity index (χ2n) is 11.2. The van der Waals surface area contributed by atoms with Crippen LogP contribution < -0.4 is 0 Å². The van der Waals surface area contributed by atoms with Crippen LogP contribution in [0.15, 0.2) is 60.3 Å². The molecule has 7 atom stereocenters. The van der Waals surface area contributed by atoms with Crippen molar-refractivity contribution in [2.24, 2.45) is 17.8 Å². The van der Waals surface area contributed by atoms with Crippen molar-refractivity contribution in [1.29, 1.82) is 0 Å². The molecule has 0 aromatic carbocycles. The first-order chi connectivity index (χ1) is 19.0. The van der Waals surface area contributed by atoms with E-state index in [0.717, 1.165) is 43.3 Å². The summed E-state index contributed by atoms with van der Waals surface area (Å²) in [7, 11) is 1.34. The molecule has 40 heavy (non-hydrogen) atoms. The van der Waals surface area contributed by atoms with Crippen LogP contribution in [0.2, 0.25) is 0 Å². The van der Waals surface area contributed by atoms with Crippen LogP contribution in [0.3, 0.4) is 0 Å². The van der Waals surface area contributed by atoms with Gasteiger partial charge < -0.3 is 19.3 Å². The van der Waals surface area contributed by atoms with Crippen LogP contribution in [-0.4, -0.2) is 48.4 Å². The summed E-state index contributed by atoms with van der Waals surface area (Å²) in [4.78, 5) is 27.5. The first-order valence-electron chi connectivity index (χ1n) is 14.5. The number of esters is 1.